The molecule has 1 unspecified atom stereocenters. The zero-order chi connectivity index (χ0) is 10.3. The molecule has 0 bridgehead atoms. The lowest BCUT2D eigenvalue weighted by molar-refractivity contribution is -0.137. The van der Waals surface area contributed by atoms with Crippen molar-refractivity contribution < 1.29 is 9.90 Å². The summed E-state index contributed by atoms with van der Waals surface area (Å²) in [5.41, 5.74) is 0. The first kappa shape index (κ1) is 12.8. The van der Waals surface area contributed by atoms with Crippen molar-refractivity contribution in [1.82, 2.24) is 0 Å². The Kier molecular flexibility index (Phi) is 7.06. The largest absolute Gasteiger partial charge is 0.481 e. The van der Waals surface area contributed by atoms with E-state index in [4.69, 9.17) is 16.7 Å². The quantitative estimate of drug-likeness (QED) is 0.650. The zero-order valence-electron chi connectivity index (χ0n) is 8.42. The van der Waals surface area contributed by atoms with Gasteiger partial charge in [0.2, 0.25) is 0 Å². The summed E-state index contributed by atoms with van der Waals surface area (Å²) < 4.78 is 0. The van der Waals surface area contributed by atoms with Gasteiger partial charge in [-0.2, -0.15) is 0 Å². The number of alkyl halides is 1. The van der Waals surface area contributed by atoms with Gasteiger partial charge in [0.25, 0.3) is 0 Å². The van der Waals surface area contributed by atoms with Crippen LogP contribution in [-0.4, -0.2) is 16.5 Å². The molecule has 0 aliphatic heterocycles. The Balaban J connectivity index is 3.93. The normalized spacial score (nSPS) is 13.2. The SMILES string of the molecule is CCCC(CCC)C(Cl)CC(=O)O. The number of halogens is 1. The Morgan fingerprint density at radius 2 is 1.77 bits per heavy atom. The zero-order valence-corrected chi connectivity index (χ0v) is 9.18. The number of carbonyl (C=O) groups is 1. The van der Waals surface area contributed by atoms with Crippen molar-refractivity contribution in [3.63, 3.8) is 0 Å². The highest BCUT2D eigenvalue weighted by atomic mass is 35.5. The Bertz CT molecular complexity index is 142. The highest BCUT2D eigenvalue weighted by molar-refractivity contribution is 6.21. The minimum absolute atomic E-state index is 0.0895. The first-order chi connectivity index (χ1) is 6.11. The Hall–Kier alpha value is -0.240. The summed E-state index contributed by atoms with van der Waals surface area (Å²) in [6.07, 6.45) is 4.32. The molecule has 1 N–H and O–H groups in total. The summed E-state index contributed by atoms with van der Waals surface area (Å²) >= 11 is 6.02. The molecule has 0 aromatic heterocycles. The Labute approximate surface area is 85.3 Å². The van der Waals surface area contributed by atoms with Crippen molar-refractivity contribution in [2.45, 2.75) is 51.3 Å². The van der Waals surface area contributed by atoms with Gasteiger partial charge >= 0.3 is 5.97 Å². The van der Waals surface area contributed by atoms with Crippen LogP contribution in [0.1, 0.15) is 46.0 Å². The van der Waals surface area contributed by atoms with E-state index in [1.165, 1.54) is 0 Å². The highest BCUT2D eigenvalue weighted by Crippen LogP contribution is 2.24. The maximum Gasteiger partial charge on any atom is 0.304 e. The molecule has 0 fully saturated rings. The van der Waals surface area contributed by atoms with E-state index in [0.717, 1.165) is 25.7 Å². The van der Waals surface area contributed by atoms with E-state index in [1.807, 2.05) is 0 Å². The third-order valence-electron chi connectivity index (χ3n) is 2.20. The highest BCUT2D eigenvalue weighted by Gasteiger charge is 2.20. The van der Waals surface area contributed by atoms with Crippen molar-refractivity contribution >= 4 is 17.6 Å². The third-order valence-corrected chi connectivity index (χ3v) is 2.71. The molecule has 0 heterocycles. The van der Waals surface area contributed by atoms with Gasteiger partial charge in [-0.1, -0.05) is 26.7 Å². The van der Waals surface area contributed by atoms with Crippen LogP contribution in [0, 0.1) is 5.92 Å². The minimum atomic E-state index is -0.794. The number of hydrogen-bond donors (Lipinski definition) is 1. The van der Waals surface area contributed by atoms with E-state index in [-0.39, 0.29) is 11.8 Å². The van der Waals surface area contributed by atoms with Crippen molar-refractivity contribution in [1.29, 1.82) is 0 Å². The predicted molar refractivity (Wildman–Crippen MR) is 55.2 cm³/mol. The fourth-order valence-corrected chi connectivity index (χ4v) is 1.97. The molecule has 0 aromatic carbocycles. The lowest BCUT2D eigenvalue weighted by Gasteiger charge is -2.19. The van der Waals surface area contributed by atoms with Crippen LogP contribution in [0.15, 0.2) is 0 Å². The van der Waals surface area contributed by atoms with Gasteiger partial charge in [0, 0.05) is 5.38 Å². The molecular weight excluding hydrogens is 188 g/mol. The van der Waals surface area contributed by atoms with Gasteiger partial charge in [0.05, 0.1) is 6.42 Å². The topological polar surface area (TPSA) is 37.3 Å². The van der Waals surface area contributed by atoms with Crippen molar-refractivity contribution in [3.8, 4) is 0 Å². The summed E-state index contributed by atoms with van der Waals surface area (Å²) in [5.74, 6) is -0.426. The molecule has 0 aromatic rings. The standard InChI is InChI=1S/C10H19ClO2/c1-3-5-8(6-4-2)9(11)7-10(12)13/h8-9H,3-7H2,1-2H3,(H,12,13). The first-order valence-electron chi connectivity index (χ1n) is 4.97. The second-order valence-electron chi connectivity index (χ2n) is 3.45. The Morgan fingerprint density at radius 1 is 1.31 bits per heavy atom. The summed E-state index contributed by atoms with van der Waals surface area (Å²) in [5, 5.41) is 8.39. The first-order valence-corrected chi connectivity index (χ1v) is 5.41. The molecule has 13 heavy (non-hydrogen) atoms. The van der Waals surface area contributed by atoms with Crippen LogP contribution in [0.5, 0.6) is 0 Å². The van der Waals surface area contributed by atoms with Crippen molar-refractivity contribution in [2.24, 2.45) is 5.92 Å². The second kappa shape index (κ2) is 7.19. The van der Waals surface area contributed by atoms with Gasteiger partial charge in [-0.3, -0.25) is 4.79 Å². The molecule has 0 spiro atoms. The molecule has 0 rings (SSSR count). The fraction of sp³-hybridized carbons (Fsp3) is 0.900. The van der Waals surface area contributed by atoms with E-state index in [9.17, 15) is 4.79 Å². The molecule has 78 valence electrons. The van der Waals surface area contributed by atoms with Gasteiger partial charge in [-0.25, -0.2) is 0 Å². The average molecular weight is 207 g/mol. The van der Waals surface area contributed by atoms with E-state index < -0.39 is 5.97 Å². The van der Waals surface area contributed by atoms with Crippen molar-refractivity contribution in [2.75, 3.05) is 0 Å². The molecule has 0 saturated carbocycles. The van der Waals surface area contributed by atoms with E-state index in [0.29, 0.717) is 5.92 Å². The van der Waals surface area contributed by atoms with Gasteiger partial charge in [0.15, 0.2) is 0 Å². The molecule has 2 nitrogen and oxygen atoms in total. The molecule has 0 amide bonds. The van der Waals surface area contributed by atoms with E-state index >= 15 is 0 Å². The summed E-state index contributed by atoms with van der Waals surface area (Å²) in [4.78, 5) is 10.4. The second-order valence-corrected chi connectivity index (χ2v) is 4.01. The lowest BCUT2D eigenvalue weighted by Crippen LogP contribution is -2.18. The van der Waals surface area contributed by atoms with Crippen LogP contribution >= 0.6 is 11.6 Å². The maximum absolute atomic E-state index is 10.4. The molecule has 1 atom stereocenters. The minimum Gasteiger partial charge on any atom is -0.481 e. The number of rotatable bonds is 7. The molecular formula is C10H19ClO2. The predicted octanol–water partition coefficient (Wildman–Crippen LogP) is 3.28. The summed E-state index contributed by atoms with van der Waals surface area (Å²) in [6.45, 7) is 4.21. The molecule has 0 aliphatic carbocycles. The average Bonchev–Trinajstić information content (AvgIpc) is 2.02. The maximum atomic E-state index is 10.4. The summed E-state index contributed by atoms with van der Waals surface area (Å²) in [6, 6.07) is 0. The van der Waals surface area contributed by atoms with Gasteiger partial charge in [0.1, 0.15) is 0 Å². The van der Waals surface area contributed by atoms with Crippen LogP contribution in [-0.2, 0) is 4.79 Å². The van der Waals surface area contributed by atoms with Crippen LogP contribution in [0.25, 0.3) is 0 Å². The molecule has 3 heteroatoms. The van der Waals surface area contributed by atoms with Crippen LogP contribution in [0.3, 0.4) is 0 Å². The van der Waals surface area contributed by atoms with E-state index in [2.05, 4.69) is 13.8 Å². The number of carboxylic acids is 1. The number of aliphatic carboxylic acids is 1. The Morgan fingerprint density at radius 3 is 2.08 bits per heavy atom. The number of carboxylic acid groups (broad SMARTS) is 1. The van der Waals surface area contributed by atoms with Crippen LogP contribution < -0.4 is 0 Å². The summed E-state index contributed by atoms with van der Waals surface area (Å²) in [7, 11) is 0. The van der Waals surface area contributed by atoms with Crippen LogP contribution in [0.4, 0.5) is 0 Å². The molecule has 0 saturated heterocycles. The lowest BCUT2D eigenvalue weighted by atomic mass is 9.93. The molecule has 0 aliphatic rings. The number of hydrogen-bond acceptors (Lipinski definition) is 1. The monoisotopic (exact) mass is 206 g/mol. The van der Waals surface area contributed by atoms with Crippen molar-refractivity contribution in [3.05, 3.63) is 0 Å². The van der Waals surface area contributed by atoms with Crippen LogP contribution in [0.2, 0.25) is 0 Å². The van der Waals surface area contributed by atoms with Gasteiger partial charge < -0.3 is 5.11 Å². The van der Waals surface area contributed by atoms with E-state index in [1.54, 1.807) is 0 Å². The fourth-order valence-electron chi connectivity index (χ4n) is 1.58. The smallest absolute Gasteiger partial charge is 0.304 e. The third kappa shape index (κ3) is 5.92. The molecule has 0 radical (unpaired) electrons. The van der Waals surface area contributed by atoms with Gasteiger partial charge in [-0.05, 0) is 18.8 Å². The van der Waals surface area contributed by atoms with Gasteiger partial charge in [-0.15, -0.1) is 11.6 Å².